The van der Waals surface area contributed by atoms with Crippen LogP contribution in [0, 0.1) is 17.2 Å². The van der Waals surface area contributed by atoms with Crippen LogP contribution in [0.25, 0.3) is 16.9 Å². The predicted octanol–water partition coefficient (Wildman–Crippen LogP) is 3.81. The van der Waals surface area contributed by atoms with E-state index in [2.05, 4.69) is 16.0 Å². The van der Waals surface area contributed by atoms with Crippen LogP contribution in [-0.4, -0.2) is 42.5 Å². The lowest BCUT2D eigenvalue weighted by atomic mass is 10.1. The van der Waals surface area contributed by atoms with E-state index in [-0.39, 0.29) is 35.6 Å². The molecule has 0 radical (unpaired) electrons. The maximum Gasteiger partial charge on any atom is 0.335 e. The summed E-state index contributed by atoms with van der Waals surface area (Å²) in [5.74, 6) is 1.55. The second kappa shape index (κ2) is 10.1. The molecule has 1 atom stereocenters. The summed E-state index contributed by atoms with van der Waals surface area (Å²) in [5, 5.41) is 9.59. The van der Waals surface area contributed by atoms with Crippen molar-refractivity contribution in [1.29, 1.82) is 5.26 Å². The average Bonchev–Trinajstić information content (AvgIpc) is 3.58. The highest BCUT2D eigenvalue weighted by Gasteiger charge is 2.33. The lowest BCUT2D eigenvalue weighted by Crippen LogP contribution is -2.40. The van der Waals surface area contributed by atoms with E-state index in [1.807, 2.05) is 30.3 Å². The van der Waals surface area contributed by atoms with Crippen LogP contribution in [0.3, 0.4) is 0 Å². The number of allylic oxidation sites excluding steroid dienone is 1. The summed E-state index contributed by atoms with van der Waals surface area (Å²) in [6, 6.07) is 18.4. The minimum absolute atomic E-state index is 0.180. The van der Waals surface area contributed by atoms with Crippen molar-refractivity contribution in [3.05, 3.63) is 83.1 Å². The van der Waals surface area contributed by atoms with Crippen LogP contribution in [-0.2, 0) is 11.3 Å². The van der Waals surface area contributed by atoms with Crippen molar-refractivity contribution in [2.75, 3.05) is 12.3 Å². The van der Waals surface area contributed by atoms with Crippen molar-refractivity contribution in [3.8, 4) is 23.3 Å². The van der Waals surface area contributed by atoms with Gasteiger partial charge in [0.2, 0.25) is 0 Å². The van der Waals surface area contributed by atoms with Crippen LogP contribution >= 0.6 is 0 Å². The highest BCUT2D eigenvalue weighted by atomic mass is 16.5. The number of hydrogen-bond donors (Lipinski definition) is 1. The molecule has 10 heteroatoms. The summed E-state index contributed by atoms with van der Waals surface area (Å²) in [7, 11) is 0. The lowest BCUT2D eigenvalue weighted by Gasteiger charge is -2.24. The molecule has 196 valence electrons. The quantitative estimate of drug-likeness (QED) is 0.289. The zero-order chi connectivity index (χ0) is 26.9. The van der Waals surface area contributed by atoms with Gasteiger partial charge >= 0.3 is 5.69 Å². The first-order valence-corrected chi connectivity index (χ1v) is 13.0. The highest BCUT2D eigenvalue weighted by molar-refractivity contribution is 5.97. The van der Waals surface area contributed by atoms with Crippen LogP contribution in [0.1, 0.15) is 25.7 Å². The second-order valence-corrected chi connectivity index (χ2v) is 9.89. The number of amides is 1. The largest absolute Gasteiger partial charge is 0.457 e. The molecule has 3 heterocycles. The number of imidazole rings is 1. The average molecular weight is 522 g/mol. The van der Waals surface area contributed by atoms with Crippen molar-refractivity contribution in [2.24, 2.45) is 5.92 Å². The van der Waals surface area contributed by atoms with Gasteiger partial charge in [-0.1, -0.05) is 24.3 Å². The summed E-state index contributed by atoms with van der Waals surface area (Å²) in [6.07, 6.45) is 6.66. The number of rotatable bonds is 7. The molecule has 6 rings (SSSR count). The Bertz CT molecular complexity index is 1660. The number of carbonyl (C=O) groups excluding carboxylic acids is 1. The predicted molar refractivity (Wildman–Crippen MR) is 145 cm³/mol. The number of nitrogens with two attached hydrogens (primary N) is 1. The van der Waals surface area contributed by atoms with Gasteiger partial charge in [0.05, 0.1) is 11.7 Å². The van der Waals surface area contributed by atoms with Gasteiger partial charge in [-0.3, -0.25) is 13.9 Å². The smallest absolute Gasteiger partial charge is 0.335 e. The maximum absolute atomic E-state index is 13.8. The number of benzene rings is 2. The zero-order valence-corrected chi connectivity index (χ0v) is 21.2. The molecule has 1 saturated heterocycles. The molecule has 1 aliphatic carbocycles. The van der Waals surface area contributed by atoms with Gasteiger partial charge in [-0.05, 0) is 68.0 Å². The minimum Gasteiger partial charge on any atom is -0.457 e. The van der Waals surface area contributed by atoms with E-state index in [1.54, 1.807) is 39.8 Å². The standard InChI is InChI=1S/C29H27N7O3/c30-16-20(15-19-8-9-19)28(37)34-14-4-5-22(34)17-35-27-25(26(31)32-18-33-27)36(29(35)38)21-10-12-24(13-11-21)39-23-6-2-1-3-7-23/h1-3,6-7,10-13,15,18-19,22H,4-5,8-9,14,17H2,(H2,31,32,33)/t22-/m0/s1. The third-order valence-corrected chi connectivity index (χ3v) is 7.21. The summed E-state index contributed by atoms with van der Waals surface area (Å²) in [4.78, 5) is 37.3. The van der Waals surface area contributed by atoms with Crippen molar-refractivity contribution < 1.29 is 9.53 Å². The number of nitrogens with zero attached hydrogens (tertiary/aromatic N) is 6. The van der Waals surface area contributed by atoms with Crippen LogP contribution in [0.15, 0.2) is 77.4 Å². The molecular weight excluding hydrogens is 494 g/mol. The molecule has 2 aromatic carbocycles. The number of ether oxygens (including phenoxy) is 1. The number of para-hydroxylation sites is 1. The molecule has 2 aromatic heterocycles. The monoisotopic (exact) mass is 521 g/mol. The van der Waals surface area contributed by atoms with Crippen molar-refractivity contribution in [2.45, 2.75) is 38.3 Å². The fourth-order valence-corrected chi connectivity index (χ4v) is 5.11. The van der Waals surface area contributed by atoms with Crippen molar-refractivity contribution in [1.82, 2.24) is 24.0 Å². The van der Waals surface area contributed by atoms with Gasteiger partial charge in [0.25, 0.3) is 5.91 Å². The summed E-state index contributed by atoms with van der Waals surface area (Å²) < 4.78 is 8.93. The van der Waals surface area contributed by atoms with Gasteiger partial charge in [-0.25, -0.2) is 14.8 Å². The van der Waals surface area contributed by atoms with E-state index >= 15 is 0 Å². The Kier molecular flexibility index (Phi) is 6.32. The molecule has 10 nitrogen and oxygen atoms in total. The van der Waals surface area contributed by atoms with Crippen LogP contribution < -0.4 is 16.2 Å². The first-order chi connectivity index (χ1) is 19.0. The van der Waals surface area contributed by atoms with Crippen LogP contribution in [0.2, 0.25) is 0 Å². The Morgan fingerprint density at radius 3 is 2.54 bits per heavy atom. The molecule has 2 N–H and O–H groups in total. The maximum atomic E-state index is 13.8. The number of aromatic nitrogens is 4. The number of carbonyl (C=O) groups is 1. The van der Waals surface area contributed by atoms with E-state index in [0.29, 0.717) is 40.8 Å². The second-order valence-electron chi connectivity index (χ2n) is 9.89. The van der Waals surface area contributed by atoms with E-state index < -0.39 is 0 Å². The van der Waals surface area contributed by atoms with E-state index in [9.17, 15) is 14.9 Å². The van der Waals surface area contributed by atoms with Gasteiger partial charge in [0.1, 0.15) is 35.0 Å². The zero-order valence-electron chi connectivity index (χ0n) is 21.2. The molecule has 2 aliphatic rings. The van der Waals surface area contributed by atoms with Gasteiger partial charge in [-0.15, -0.1) is 0 Å². The first kappa shape index (κ1) is 24.4. The van der Waals surface area contributed by atoms with Crippen molar-refractivity contribution in [3.63, 3.8) is 0 Å². The number of fused-ring (bicyclic) bond motifs is 1. The molecule has 1 aliphatic heterocycles. The lowest BCUT2D eigenvalue weighted by molar-refractivity contribution is -0.127. The number of likely N-dealkylation sites (tertiary alicyclic amines) is 1. The molecule has 39 heavy (non-hydrogen) atoms. The van der Waals surface area contributed by atoms with Gasteiger partial charge in [0, 0.05) is 13.1 Å². The summed E-state index contributed by atoms with van der Waals surface area (Å²) in [6.45, 7) is 0.780. The van der Waals surface area contributed by atoms with E-state index in [1.165, 1.54) is 10.9 Å². The molecule has 2 fully saturated rings. The third-order valence-electron chi connectivity index (χ3n) is 7.21. The highest BCUT2D eigenvalue weighted by Crippen LogP contribution is 2.32. The number of nitriles is 1. The molecule has 0 unspecified atom stereocenters. The Hall–Kier alpha value is -4.91. The van der Waals surface area contributed by atoms with Gasteiger partial charge in [-0.2, -0.15) is 5.26 Å². The summed E-state index contributed by atoms with van der Waals surface area (Å²) >= 11 is 0. The van der Waals surface area contributed by atoms with Gasteiger partial charge in [0.15, 0.2) is 11.5 Å². The number of nitrogen functional groups attached to an aromatic ring is 1. The normalized spacial score (nSPS) is 17.4. The SMILES string of the molecule is N#CC(=CC1CC1)C(=O)N1CCC[C@H]1Cn1c(=O)n(-c2ccc(Oc3ccccc3)cc2)c2c(N)ncnc21. The molecular formula is C29H27N7O3. The Balaban J connectivity index is 1.33. The van der Waals surface area contributed by atoms with Crippen LogP contribution in [0.5, 0.6) is 11.5 Å². The topological polar surface area (TPSA) is 132 Å². The third kappa shape index (κ3) is 4.75. The first-order valence-electron chi connectivity index (χ1n) is 13.0. The van der Waals surface area contributed by atoms with Crippen LogP contribution in [0.4, 0.5) is 5.82 Å². The molecule has 1 saturated carbocycles. The Labute approximate surface area is 224 Å². The fourth-order valence-electron chi connectivity index (χ4n) is 5.11. The number of anilines is 1. The van der Waals surface area contributed by atoms with E-state index in [4.69, 9.17) is 10.5 Å². The molecule has 4 aromatic rings. The fraction of sp³-hybridized carbons (Fsp3) is 0.276. The van der Waals surface area contributed by atoms with Crippen molar-refractivity contribution >= 4 is 22.9 Å². The van der Waals surface area contributed by atoms with E-state index in [0.717, 1.165) is 25.7 Å². The summed E-state index contributed by atoms with van der Waals surface area (Å²) in [5.41, 5.74) is 7.48. The molecule has 0 bridgehead atoms. The Morgan fingerprint density at radius 1 is 1.08 bits per heavy atom. The molecule has 1 amide bonds. The van der Waals surface area contributed by atoms with Gasteiger partial charge < -0.3 is 15.4 Å². The number of hydrogen-bond acceptors (Lipinski definition) is 7. The molecule has 0 spiro atoms. The minimum atomic E-state index is -0.331. The Morgan fingerprint density at radius 2 is 1.82 bits per heavy atom.